The largest absolute Gasteiger partial charge is 0.381 e. The predicted molar refractivity (Wildman–Crippen MR) is 87.1 cm³/mol. The molecule has 0 radical (unpaired) electrons. The van der Waals surface area contributed by atoms with Gasteiger partial charge in [0.1, 0.15) is 0 Å². The van der Waals surface area contributed by atoms with Gasteiger partial charge in [0, 0.05) is 18.8 Å². The Balaban J connectivity index is 2.45. The molecule has 1 aromatic rings. The molecule has 0 aliphatic carbocycles. The first kappa shape index (κ1) is 17.2. The van der Waals surface area contributed by atoms with Crippen molar-refractivity contribution in [3.8, 4) is 0 Å². The summed E-state index contributed by atoms with van der Waals surface area (Å²) >= 11 is 0. The van der Waals surface area contributed by atoms with Crippen molar-refractivity contribution in [2.24, 2.45) is 5.92 Å². The molecule has 0 spiro atoms. The van der Waals surface area contributed by atoms with Crippen LogP contribution in [0.2, 0.25) is 0 Å². The van der Waals surface area contributed by atoms with Crippen LogP contribution in [0.5, 0.6) is 0 Å². The molecule has 0 saturated heterocycles. The van der Waals surface area contributed by atoms with Crippen LogP contribution in [0.15, 0.2) is 30.3 Å². The summed E-state index contributed by atoms with van der Waals surface area (Å²) in [5.41, 5.74) is 1.60. The van der Waals surface area contributed by atoms with Gasteiger partial charge in [-0.05, 0) is 58.1 Å². The van der Waals surface area contributed by atoms with E-state index in [1.165, 1.54) is 5.56 Å². The van der Waals surface area contributed by atoms with Crippen molar-refractivity contribution in [2.75, 3.05) is 19.8 Å². The van der Waals surface area contributed by atoms with Crippen molar-refractivity contribution >= 4 is 0 Å². The van der Waals surface area contributed by atoms with Gasteiger partial charge in [-0.15, -0.1) is 0 Å². The third kappa shape index (κ3) is 8.34. The molecule has 114 valence electrons. The predicted octanol–water partition coefficient (Wildman–Crippen LogP) is 4.05. The fourth-order valence-corrected chi connectivity index (χ4v) is 2.17. The van der Waals surface area contributed by atoms with E-state index < -0.39 is 0 Å². The molecular formula is C18H31NO. The van der Waals surface area contributed by atoms with Crippen molar-refractivity contribution in [2.45, 2.75) is 52.5 Å². The first-order chi connectivity index (χ1) is 9.51. The summed E-state index contributed by atoms with van der Waals surface area (Å²) in [6, 6.07) is 10.8. The lowest BCUT2D eigenvalue weighted by Gasteiger charge is -2.25. The lowest BCUT2D eigenvalue weighted by Crippen LogP contribution is -2.39. The van der Waals surface area contributed by atoms with E-state index in [2.05, 4.69) is 63.3 Å². The molecule has 0 aliphatic heterocycles. The van der Waals surface area contributed by atoms with Crippen LogP contribution in [-0.4, -0.2) is 25.3 Å². The SMILES string of the molecule is CCCOCCC(CNC(C)(C)C)Cc1ccccc1. The third-order valence-electron chi connectivity index (χ3n) is 3.31. The molecular weight excluding hydrogens is 246 g/mol. The molecule has 0 aromatic heterocycles. The third-order valence-corrected chi connectivity index (χ3v) is 3.31. The van der Waals surface area contributed by atoms with Crippen molar-refractivity contribution < 1.29 is 4.74 Å². The van der Waals surface area contributed by atoms with Crippen LogP contribution in [0.4, 0.5) is 0 Å². The maximum atomic E-state index is 5.66. The van der Waals surface area contributed by atoms with Gasteiger partial charge in [0.05, 0.1) is 0 Å². The topological polar surface area (TPSA) is 21.3 Å². The summed E-state index contributed by atoms with van der Waals surface area (Å²) in [5.74, 6) is 0.633. The Kier molecular flexibility index (Phi) is 7.86. The maximum absolute atomic E-state index is 5.66. The summed E-state index contributed by atoms with van der Waals surface area (Å²) < 4.78 is 5.66. The highest BCUT2D eigenvalue weighted by Gasteiger charge is 2.14. The number of rotatable bonds is 9. The van der Waals surface area contributed by atoms with Gasteiger partial charge in [0.25, 0.3) is 0 Å². The number of ether oxygens (including phenoxy) is 1. The zero-order valence-corrected chi connectivity index (χ0v) is 13.6. The van der Waals surface area contributed by atoms with Gasteiger partial charge in [0.15, 0.2) is 0 Å². The monoisotopic (exact) mass is 277 g/mol. The Bertz CT molecular complexity index is 342. The van der Waals surface area contributed by atoms with Crippen LogP contribution >= 0.6 is 0 Å². The average molecular weight is 277 g/mol. The number of hydrogen-bond acceptors (Lipinski definition) is 2. The second-order valence-electron chi connectivity index (χ2n) is 6.59. The van der Waals surface area contributed by atoms with Crippen LogP contribution in [0.1, 0.15) is 46.1 Å². The molecule has 1 aromatic carbocycles. The van der Waals surface area contributed by atoms with E-state index in [1.807, 2.05) is 0 Å². The normalized spacial score (nSPS) is 13.4. The van der Waals surface area contributed by atoms with Crippen molar-refractivity contribution in [3.05, 3.63) is 35.9 Å². The quantitative estimate of drug-likeness (QED) is 0.688. The summed E-state index contributed by atoms with van der Waals surface area (Å²) in [7, 11) is 0. The number of nitrogens with one attached hydrogen (secondary N) is 1. The van der Waals surface area contributed by atoms with Crippen LogP contribution in [-0.2, 0) is 11.2 Å². The first-order valence-corrected chi connectivity index (χ1v) is 7.88. The standard InChI is InChI=1S/C18H31NO/c1-5-12-20-13-11-17(15-19-18(2,3)4)14-16-9-7-6-8-10-16/h6-10,17,19H,5,11-15H2,1-4H3. The molecule has 1 atom stereocenters. The molecule has 0 saturated carbocycles. The summed E-state index contributed by atoms with van der Waals surface area (Å²) in [5, 5.41) is 3.63. The van der Waals surface area contributed by atoms with Crippen LogP contribution in [0, 0.1) is 5.92 Å². The minimum Gasteiger partial charge on any atom is -0.381 e. The molecule has 0 amide bonds. The van der Waals surface area contributed by atoms with E-state index in [-0.39, 0.29) is 5.54 Å². The molecule has 0 bridgehead atoms. The second-order valence-corrected chi connectivity index (χ2v) is 6.59. The molecule has 2 nitrogen and oxygen atoms in total. The Morgan fingerprint density at radius 1 is 1.10 bits per heavy atom. The fourth-order valence-electron chi connectivity index (χ4n) is 2.17. The zero-order valence-electron chi connectivity index (χ0n) is 13.6. The summed E-state index contributed by atoms with van der Waals surface area (Å²) in [4.78, 5) is 0. The van der Waals surface area contributed by atoms with E-state index in [0.29, 0.717) is 5.92 Å². The Morgan fingerprint density at radius 2 is 1.80 bits per heavy atom. The van der Waals surface area contributed by atoms with Crippen LogP contribution in [0.25, 0.3) is 0 Å². The van der Waals surface area contributed by atoms with E-state index in [4.69, 9.17) is 4.74 Å². The molecule has 1 rings (SSSR count). The maximum Gasteiger partial charge on any atom is 0.0469 e. The zero-order chi connectivity index (χ0) is 14.8. The first-order valence-electron chi connectivity index (χ1n) is 7.88. The fraction of sp³-hybridized carbons (Fsp3) is 0.667. The van der Waals surface area contributed by atoms with Crippen molar-refractivity contribution in [1.82, 2.24) is 5.32 Å². The van der Waals surface area contributed by atoms with Gasteiger partial charge in [-0.3, -0.25) is 0 Å². The second kappa shape index (κ2) is 9.15. The number of hydrogen-bond donors (Lipinski definition) is 1. The van der Waals surface area contributed by atoms with Gasteiger partial charge in [-0.25, -0.2) is 0 Å². The van der Waals surface area contributed by atoms with Crippen molar-refractivity contribution in [3.63, 3.8) is 0 Å². The molecule has 0 aliphatic rings. The van der Waals surface area contributed by atoms with Gasteiger partial charge < -0.3 is 10.1 Å². The highest BCUT2D eigenvalue weighted by molar-refractivity contribution is 5.15. The summed E-state index contributed by atoms with van der Waals surface area (Å²) in [6.07, 6.45) is 3.35. The van der Waals surface area contributed by atoms with Crippen LogP contribution in [0.3, 0.4) is 0 Å². The lowest BCUT2D eigenvalue weighted by molar-refractivity contribution is 0.119. The van der Waals surface area contributed by atoms with Crippen molar-refractivity contribution in [1.29, 1.82) is 0 Å². The number of benzene rings is 1. The van der Waals surface area contributed by atoms with E-state index >= 15 is 0 Å². The highest BCUT2D eigenvalue weighted by Crippen LogP contribution is 2.13. The van der Waals surface area contributed by atoms with E-state index in [0.717, 1.165) is 39.0 Å². The van der Waals surface area contributed by atoms with Gasteiger partial charge in [-0.2, -0.15) is 0 Å². The van der Waals surface area contributed by atoms with Gasteiger partial charge in [-0.1, -0.05) is 37.3 Å². The Hall–Kier alpha value is -0.860. The molecule has 0 fully saturated rings. The summed E-state index contributed by atoms with van der Waals surface area (Å²) in [6.45, 7) is 11.6. The van der Waals surface area contributed by atoms with Crippen LogP contribution < -0.4 is 5.32 Å². The van der Waals surface area contributed by atoms with Gasteiger partial charge in [0.2, 0.25) is 0 Å². The van der Waals surface area contributed by atoms with Gasteiger partial charge >= 0.3 is 0 Å². The molecule has 20 heavy (non-hydrogen) atoms. The van der Waals surface area contributed by atoms with E-state index in [1.54, 1.807) is 0 Å². The Labute approximate surface area is 124 Å². The minimum absolute atomic E-state index is 0.180. The van der Waals surface area contributed by atoms with E-state index in [9.17, 15) is 0 Å². The molecule has 1 unspecified atom stereocenters. The molecule has 1 N–H and O–H groups in total. The molecule has 0 heterocycles. The Morgan fingerprint density at radius 3 is 2.40 bits per heavy atom. The smallest absolute Gasteiger partial charge is 0.0469 e. The average Bonchev–Trinajstić information content (AvgIpc) is 2.41. The molecule has 2 heteroatoms. The lowest BCUT2D eigenvalue weighted by atomic mass is 9.95. The minimum atomic E-state index is 0.180. The highest BCUT2D eigenvalue weighted by atomic mass is 16.5.